The fourth-order valence-electron chi connectivity index (χ4n) is 5.36. The summed E-state index contributed by atoms with van der Waals surface area (Å²) in [7, 11) is 4.25. The second kappa shape index (κ2) is 7.19. The number of aryl methyl sites for hydroxylation is 1. The summed E-state index contributed by atoms with van der Waals surface area (Å²) in [5.74, 6) is 0.0284. The summed E-state index contributed by atoms with van der Waals surface area (Å²) >= 11 is 6.10. The minimum absolute atomic E-state index is 0.0284. The van der Waals surface area contributed by atoms with Gasteiger partial charge in [0.25, 0.3) is 5.91 Å². The summed E-state index contributed by atoms with van der Waals surface area (Å²) in [6, 6.07) is 17.3. The molecule has 2 bridgehead atoms. The average Bonchev–Trinajstić information content (AvgIpc) is 3.11. The maximum absolute atomic E-state index is 13.6. The highest BCUT2D eigenvalue weighted by molar-refractivity contribution is 6.30. The van der Waals surface area contributed by atoms with Gasteiger partial charge in [-0.1, -0.05) is 41.9 Å². The van der Waals surface area contributed by atoms with Gasteiger partial charge in [0.2, 0.25) is 0 Å². The molecule has 2 saturated heterocycles. The maximum atomic E-state index is 13.6. The zero-order chi connectivity index (χ0) is 20.1. The lowest BCUT2D eigenvalue weighted by atomic mass is 9.97. The number of benzene rings is 2. The van der Waals surface area contributed by atoms with E-state index in [0.717, 1.165) is 40.6 Å². The van der Waals surface area contributed by atoms with E-state index in [4.69, 9.17) is 11.6 Å². The van der Waals surface area contributed by atoms with E-state index >= 15 is 0 Å². The van der Waals surface area contributed by atoms with Gasteiger partial charge in [-0.15, -0.1) is 0 Å². The highest BCUT2D eigenvalue weighted by Gasteiger charge is 2.39. The number of aromatic nitrogens is 1. The van der Waals surface area contributed by atoms with Gasteiger partial charge in [0, 0.05) is 41.1 Å². The zero-order valence-corrected chi connectivity index (χ0v) is 17.6. The molecule has 0 saturated carbocycles. The van der Waals surface area contributed by atoms with Crippen molar-refractivity contribution in [1.29, 1.82) is 0 Å². The molecule has 29 heavy (non-hydrogen) atoms. The number of rotatable bonds is 3. The molecule has 1 aromatic heterocycles. The predicted molar refractivity (Wildman–Crippen MR) is 118 cm³/mol. The van der Waals surface area contributed by atoms with E-state index in [-0.39, 0.29) is 11.9 Å². The molecule has 2 aliphatic heterocycles. The lowest BCUT2D eigenvalue weighted by Gasteiger charge is -2.36. The number of carbonyl (C=O) groups excluding carboxylic acids is 1. The number of amides is 1. The van der Waals surface area contributed by atoms with Crippen LogP contribution in [0.15, 0.2) is 48.5 Å². The van der Waals surface area contributed by atoms with E-state index in [0.29, 0.717) is 17.1 Å². The molecule has 0 radical (unpaired) electrons. The minimum Gasteiger partial charge on any atom is -0.349 e. The van der Waals surface area contributed by atoms with Gasteiger partial charge in [-0.25, -0.2) is 0 Å². The van der Waals surface area contributed by atoms with E-state index in [1.165, 1.54) is 12.8 Å². The van der Waals surface area contributed by atoms with Crippen LogP contribution in [0.1, 0.15) is 36.0 Å². The van der Waals surface area contributed by atoms with Crippen molar-refractivity contribution in [2.75, 3.05) is 7.05 Å². The number of hydrogen-bond donors (Lipinski definition) is 1. The SMILES string of the molecule is CN1[C@@H]2CC[C@H]1CC(NC(=O)c1c(-c3ccc(Cl)cc3)n(C)c3ccccc13)C2. The summed E-state index contributed by atoms with van der Waals surface area (Å²) in [5, 5.41) is 5.07. The van der Waals surface area contributed by atoms with Crippen molar-refractivity contribution >= 4 is 28.4 Å². The zero-order valence-electron chi connectivity index (χ0n) is 16.9. The number of halogens is 1. The van der Waals surface area contributed by atoms with Gasteiger partial charge in [0.05, 0.1) is 11.3 Å². The quantitative estimate of drug-likeness (QED) is 0.673. The van der Waals surface area contributed by atoms with Gasteiger partial charge in [-0.3, -0.25) is 4.79 Å². The molecule has 2 aromatic carbocycles. The third-order valence-electron chi connectivity index (χ3n) is 6.89. The Balaban J connectivity index is 1.54. The van der Waals surface area contributed by atoms with Crippen LogP contribution >= 0.6 is 11.6 Å². The monoisotopic (exact) mass is 407 g/mol. The Kier molecular flexibility index (Phi) is 4.64. The van der Waals surface area contributed by atoms with Crippen LogP contribution in [0.25, 0.3) is 22.2 Å². The van der Waals surface area contributed by atoms with Crippen LogP contribution in [0, 0.1) is 0 Å². The second-order valence-electron chi connectivity index (χ2n) is 8.50. The van der Waals surface area contributed by atoms with E-state index in [9.17, 15) is 4.79 Å². The first kappa shape index (κ1) is 18.7. The van der Waals surface area contributed by atoms with Crippen molar-refractivity contribution < 1.29 is 4.79 Å². The number of piperidine rings is 1. The predicted octanol–water partition coefficient (Wildman–Crippen LogP) is 4.85. The molecule has 5 rings (SSSR count). The Morgan fingerprint density at radius 3 is 2.34 bits per heavy atom. The van der Waals surface area contributed by atoms with Gasteiger partial charge in [-0.2, -0.15) is 0 Å². The molecule has 2 aliphatic rings. The Morgan fingerprint density at radius 2 is 1.66 bits per heavy atom. The van der Waals surface area contributed by atoms with E-state index in [1.807, 2.05) is 49.5 Å². The van der Waals surface area contributed by atoms with E-state index in [1.54, 1.807) is 0 Å². The van der Waals surface area contributed by atoms with Gasteiger partial charge >= 0.3 is 0 Å². The summed E-state index contributed by atoms with van der Waals surface area (Å²) < 4.78 is 2.12. The Hall–Kier alpha value is -2.30. The first-order chi connectivity index (χ1) is 14.0. The topological polar surface area (TPSA) is 37.3 Å². The smallest absolute Gasteiger partial charge is 0.254 e. The van der Waals surface area contributed by atoms with E-state index in [2.05, 4.69) is 27.9 Å². The number of fused-ring (bicyclic) bond motifs is 3. The van der Waals surface area contributed by atoms with Crippen molar-refractivity contribution in [3.63, 3.8) is 0 Å². The largest absolute Gasteiger partial charge is 0.349 e. The first-order valence-electron chi connectivity index (χ1n) is 10.4. The fraction of sp³-hybridized carbons (Fsp3) is 0.375. The molecule has 3 heterocycles. The van der Waals surface area contributed by atoms with Gasteiger partial charge in [0.1, 0.15) is 0 Å². The average molecular weight is 408 g/mol. The van der Waals surface area contributed by atoms with Crippen LogP contribution < -0.4 is 5.32 Å². The number of nitrogens with one attached hydrogen (secondary N) is 1. The molecule has 1 unspecified atom stereocenters. The Morgan fingerprint density at radius 1 is 1.00 bits per heavy atom. The van der Waals surface area contributed by atoms with E-state index < -0.39 is 0 Å². The summed E-state index contributed by atoms with van der Waals surface area (Å²) in [6.07, 6.45) is 4.58. The van der Waals surface area contributed by atoms with Gasteiger partial charge in [0.15, 0.2) is 0 Å². The standard InChI is InChI=1S/C24H26ClN3O/c1-27-18-11-12-19(27)14-17(13-18)26-24(29)22-20-5-3-4-6-21(20)28(2)23(22)15-7-9-16(25)10-8-15/h3-10,17-19H,11-14H2,1-2H3,(H,26,29)/t17?,18-,19+. The lowest BCUT2D eigenvalue weighted by Crippen LogP contribution is -2.48. The molecule has 4 nitrogen and oxygen atoms in total. The summed E-state index contributed by atoms with van der Waals surface area (Å²) in [4.78, 5) is 16.1. The van der Waals surface area contributed by atoms with Crippen LogP contribution in [0.5, 0.6) is 0 Å². The number of carbonyl (C=O) groups is 1. The van der Waals surface area contributed by atoms with Crippen LogP contribution in [0.3, 0.4) is 0 Å². The van der Waals surface area contributed by atoms with Crippen molar-refractivity contribution in [1.82, 2.24) is 14.8 Å². The molecule has 150 valence electrons. The van der Waals surface area contributed by atoms with Crippen LogP contribution in [0.2, 0.25) is 5.02 Å². The molecule has 1 N–H and O–H groups in total. The third-order valence-corrected chi connectivity index (χ3v) is 7.14. The molecule has 3 atom stereocenters. The van der Waals surface area contributed by atoms with Crippen molar-refractivity contribution in [2.45, 2.75) is 43.8 Å². The highest BCUT2D eigenvalue weighted by Crippen LogP contribution is 2.36. The first-order valence-corrected chi connectivity index (χ1v) is 10.8. The molecular weight excluding hydrogens is 382 g/mol. The molecular formula is C24H26ClN3O. The van der Waals surface area contributed by atoms with Crippen LogP contribution in [-0.4, -0.2) is 40.5 Å². The minimum atomic E-state index is 0.0284. The van der Waals surface area contributed by atoms with Crippen molar-refractivity contribution in [3.05, 3.63) is 59.1 Å². The molecule has 2 fully saturated rings. The van der Waals surface area contributed by atoms with Crippen molar-refractivity contribution in [3.8, 4) is 11.3 Å². The molecule has 0 aliphatic carbocycles. The Labute approximate surface area is 176 Å². The second-order valence-corrected chi connectivity index (χ2v) is 8.94. The highest BCUT2D eigenvalue weighted by atomic mass is 35.5. The summed E-state index contributed by atoms with van der Waals surface area (Å²) in [5.41, 5.74) is 3.76. The molecule has 0 spiro atoms. The molecule has 1 amide bonds. The molecule has 3 aromatic rings. The van der Waals surface area contributed by atoms with Gasteiger partial charge < -0.3 is 14.8 Å². The lowest BCUT2D eigenvalue weighted by molar-refractivity contribution is 0.0884. The number of nitrogens with zero attached hydrogens (tertiary/aromatic N) is 2. The fourth-order valence-corrected chi connectivity index (χ4v) is 5.48. The van der Waals surface area contributed by atoms with Crippen LogP contribution in [0.4, 0.5) is 0 Å². The normalized spacial score (nSPS) is 24.2. The Bertz CT molecular complexity index is 1060. The van der Waals surface area contributed by atoms with Crippen LogP contribution in [-0.2, 0) is 7.05 Å². The third kappa shape index (κ3) is 3.15. The van der Waals surface area contributed by atoms with Crippen molar-refractivity contribution in [2.24, 2.45) is 7.05 Å². The summed E-state index contributed by atoms with van der Waals surface area (Å²) in [6.45, 7) is 0. The maximum Gasteiger partial charge on any atom is 0.254 e. The number of para-hydroxylation sites is 1. The number of hydrogen-bond acceptors (Lipinski definition) is 2. The van der Waals surface area contributed by atoms with Gasteiger partial charge in [-0.05, 0) is 56.5 Å². The molecule has 5 heteroatoms.